The van der Waals surface area contributed by atoms with Crippen molar-refractivity contribution < 1.29 is 13.6 Å². The van der Waals surface area contributed by atoms with Crippen LogP contribution < -0.4 is 0 Å². The Morgan fingerprint density at radius 3 is 2.58 bits per heavy atom. The number of amides is 1. The van der Waals surface area contributed by atoms with Crippen molar-refractivity contribution in [2.24, 2.45) is 0 Å². The van der Waals surface area contributed by atoms with E-state index in [1.165, 1.54) is 5.56 Å². The SMILES string of the molecule is Cc1ccc([C@@H]2CSCCN2C(=O)Cc2c(C)nn(C(F)F)c2C)cc1. The van der Waals surface area contributed by atoms with E-state index in [-0.39, 0.29) is 18.4 Å². The van der Waals surface area contributed by atoms with Gasteiger partial charge in [-0.25, -0.2) is 4.68 Å². The lowest BCUT2D eigenvalue weighted by molar-refractivity contribution is -0.132. The van der Waals surface area contributed by atoms with E-state index in [4.69, 9.17) is 0 Å². The number of carbonyl (C=O) groups excluding carboxylic acids is 1. The van der Waals surface area contributed by atoms with Crippen molar-refractivity contribution in [2.75, 3.05) is 18.1 Å². The summed E-state index contributed by atoms with van der Waals surface area (Å²) < 4.78 is 26.8. The predicted molar refractivity (Wildman–Crippen MR) is 99.6 cm³/mol. The molecule has 0 radical (unpaired) electrons. The molecule has 3 rings (SSSR count). The topological polar surface area (TPSA) is 38.1 Å². The highest BCUT2D eigenvalue weighted by molar-refractivity contribution is 7.99. The zero-order valence-corrected chi connectivity index (χ0v) is 16.0. The molecule has 0 unspecified atom stereocenters. The maximum absolute atomic E-state index is 13.0. The van der Waals surface area contributed by atoms with Crippen LogP contribution in [0.2, 0.25) is 0 Å². The molecule has 140 valence electrons. The number of aryl methyl sites for hydroxylation is 2. The number of carbonyl (C=O) groups is 1. The predicted octanol–water partition coefficient (Wildman–Crippen LogP) is 4.06. The van der Waals surface area contributed by atoms with Gasteiger partial charge in [0.1, 0.15) is 0 Å². The summed E-state index contributed by atoms with van der Waals surface area (Å²) in [5, 5.41) is 3.89. The van der Waals surface area contributed by atoms with Crippen LogP contribution in [0, 0.1) is 20.8 Å². The van der Waals surface area contributed by atoms with Crippen LogP contribution in [0.25, 0.3) is 0 Å². The number of benzene rings is 1. The average Bonchev–Trinajstić information content (AvgIpc) is 2.91. The molecule has 1 amide bonds. The van der Waals surface area contributed by atoms with Crippen LogP contribution in [-0.2, 0) is 11.2 Å². The summed E-state index contributed by atoms with van der Waals surface area (Å²) in [7, 11) is 0. The molecule has 26 heavy (non-hydrogen) atoms. The zero-order valence-electron chi connectivity index (χ0n) is 15.2. The van der Waals surface area contributed by atoms with E-state index in [2.05, 4.69) is 29.4 Å². The zero-order chi connectivity index (χ0) is 18.8. The second kappa shape index (κ2) is 7.78. The Labute approximate surface area is 156 Å². The first-order valence-corrected chi connectivity index (χ1v) is 9.80. The second-order valence-corrected chi connectivity index (χ2v) is 7.79. The van der Waals surface area contributed by atoms with Gasteiger partial charge in [-0.15, -0.1) is 0 Å². The Hall–Kier alpha value is -1.89. The third kappa shape index (κ3) is 3.77. The number of hydrogen-bond acceptors (Lipinski definition) is 3. The monoisotopic (exact) mass is 379 g/mol. The van der Waals surface area contributed by atoms with E-state index < -0.39 is 6.55 Å². The van der Waals surface area contributed by atoms with E-state index in [9.17, 15) is 13.6 Å². The summed E-state index contributed by atoms with van der Waals surface area (Å²) in [4.78, 5) is 14.9. The summed E-state index contributed by atoms with van der Waals surface area (Å²) in [6, 6.07) is 8.26. The molecule has 0 N–H and O–H groups in total. The van der Waals surface area contributed by atoms with Gasteiger partial charge >= 0.3 is 6.55 Å². The Morgan fingerprint density at radius 2 is 1.96 bits per heavy atom. The van der Waals surface area contributed by atoms with Crippen molar-refractivity contribution in [1.82, 2.24) is 14.7 Å². The first kappa shape index (κ1) is 18.9. The molecule has 7 heteroatoms. The molecule has 2 heterocycles. The first-order chi connectivity index (χ1) is 12.4. The second-order valence-electron chi connectivity index (χ2n) is 6.64. The quantitative estimate of drug-likeness (QED) is 0.804. The van der Waals surface area contributed by atoms with Crippen molar-refractivity contribution in [3.05, 3.63) is 52.3 Å². The summed E-state index contributed by atoms with van der Waals surface area (Å²) in [5.41, 5.74) is 3.77. The van der Waals surface area contributed by atoms with Gasteiger partial charge in [-0.1, -0.05) is 29.8 Å². The summed E-state index contributed by atoms with van der Waals surface area (Å²) in [6.07, 6.45) is 0.109. The maximum Gasteiger partial charge on any atom is 0.333 e. The van der Waals surface area contributed by atoms with Gasteiger partial charge in [0, 0.05) is 29.3 Å². The molecule has 0 bridgehead atoms. The molecule has 1 fully saturated rings. The third-order valence-corrected chi connectivity index (χ3v) is 5.92. The Kier molecular flexibility index (Phi) is 5.65. The molecule has 1 atom stereocenters. The molecule has 4 nitrogen and oxygen atoms in total. The Bertz CT molecular complexity index is 789. The lowest BCUT2D eigenvalue weighted by atomic mass is 10.0. The summed E-state index contributed by atoms with van der Waals surface area (Å²) in [6.45, 7) is 3.29. The van der Waals surface area contributed by atoms with Gasteiger partial charge in [-0.05, 0) is 26.3 Å². The molecule has 1 saturated heterocycles. The van der Waals surface area contributed by atoms with E-state index >= 15 is 0 Å². The van der Waals surface area contributed by atoms with Gasteiger partial charge in [-0.3, -0.25) is 4.79 Å². The van der Waals surface area contributed by atoms with E-state index in [1.807, 2.05) is 23.6 Å². The molecule has 1 aliphatic rings. The molecule has 0 aliphatic carbocycles. The average molecular weight is 379 g/mol. The van der Waals surface area contributed by atoms with Gasteiger partial charge in [0.2, 0.25) is 5.91 Å². The molecule has 1 aromatic carbocycles. The highest BCUT2D eigenvalue weighted by Gasteiger charge is 2.29. The highest BCUT2D eigenvalue weighted by atomic mass is 32.2. The third-order valence-electron chi connectivity index (χ3n) is 4.90. The molecule has 1 aromatic heterocycles. The smallest absolute Gasteiger partial charge is 0.333 e. The van der Waals surface area contributed by atoms with Crippen LogP contribution >= 0.6 is 11.8 Å². The number of nitrogens with zero attached hydrogens (tertiary/aromatic N) is 3. The summed E-state index contributed by atoms with van der Waals surface area (Å²) in [5.74, 6) is 1.71. The number of rotatable bonds is 4. The fourth-order valence-electron chi connectivity index (χ4n) is 3.36. The van der Waals surface area contributed by atoms with Crippen LogP contribution in [0.4, 0.5) is 8.78 Å². The summed E-state index contributed by atoms with van der Waals surface area (Å²) >= 11 is 1.83. The van der Waals surface area contributed by atoms with Crippen molar-refractivity contribution in [3.63, 3.8) is 0 Å². The van der Waals surface area contributed by atoms with E-state index in [0.717, 1.165) is 17.1 Å². The Morgan fingerprint density at radius 1 is 1.27 bits per heavy atom. The van der Waals surface area contributed by atoms with E-state index in [0.29, 0.717) is 28.2 Å². The van der Waals surface area contributed by atoms with Gasteiger partial charge in [-0.2, -0.15) is 25.6 Å². The van der Waals surface area contributed by atoms with Gasteiger partial charge in [0.15, 0.2) is 0 Å². The fraction of sp³-hybridized carbons (Fsp3) is 0.474. The van der Waals surface area contributed by atoms with Crippen molar-refractivity contribution in [1.29, 1.82) is 0 Å². The minimum Gasteiger partial charge on any atom is -0.334 e. The number of aromatic nitrogens is 2. The first-order valence-electron chi connectivity index (χ1n) is 8.65. The molecular weight excluding hydrogens is 356 g/mol. The van der Waals surface area contributed by atoms with Crippen molar-refractivity contribution in [3.8, 4) is 0 Å². The maximum atomic E-state index is 13.0. The number of alkyl halides is 2. The molecular formula is C19H23F2N3OS. The standard InChI is InChI=1S/C19H23F2N3OS/c1-12-4-6-15(7-5-12)17-11-26-9-8-23(17)18(25)10-16-13(2)22-24(14(16)3)19(20)21/h4-7,17,19H,8-11H2,1-3H3/t17-/m0/s1. The molecule has 0 spiro atoms. The van der Waals surface area contributed by atoms with Crippen LogP contribution in [-0.4, -0.2) is 38.6 Å². The number of hydrogen-bond donors (Lipinski definition) is 0. The van der Waals surface area contributed by atoms with Gasteiger partial charge in [0.05, 0.1) is 18.2 Å². The van der Waals surface area contributed by atoms with Crippen LogP contribution in [0.1, 0.15) is 40.7 Å². The number of thioether (sulfide) groups is 1. The normalized spacial score (nSPS) is 17.8. The largest absolute Gasteiger partial charge is 0.334 e. The fourth-order valence-corrected chi connectivity index (χ4v) is 4.45. The lowest BCUT2D eigenvalue weighted by Gasteiger charge is -2.36. The minimum absolute atomic E-state index is 0.0209. The molecule has 2 aromatic rings. The van der Waals surface area contributed by atoms with Crippen LogP contribution in [0.3, 0.4) is 0 Å². The molecule has 0 saturated carbocycles. The van der Waals surface area contributed by atoms with E-state index in [1.54, 1.807) is 13.8 Å². The Balaban J connectivity index is 1.82. The van der Waals surface area contributed by atoms with Crippen molar-refractivity contribution >= 4 is 17.7 Å². The lowest BCUT2D eigenvalue weighted by Crippen LogP contribution is -2.41. The van der Waals surface area contributed by atoms with Crippen LogP contribution in [0.15, 0.2) is 24.3 Å². The molecule has 1 aliphatic heterocycles. The van der Waals surface area contributed by atoms with Gasteiger partial charge < -0.3 is 4.90 Å². The van der Waals surface area contributed by atoms with Gasteiger partial charge in [0.25, 0.3) is 0 Å². The van der Waals surface area contributed by atoms with Crippen molar-refractivity contribution in [2.45, 2.75) is 39.8 Å². The highest BCUT2D eigenvalue weighted by Crippen LogP contribution is 2.31. The minimum atomic E-state index is -2.69. The van der Waals surface area contributed by atoms with Crippen LogP contribution in [0.5, 0.6) is 0 Å². The number of halogens is 2.